The largest absolute Gasteiger partial charge is 0.481 e. The molecule has 0 saturated heterocycles. The highest BCUT2D eigenvalue weighted by molar-refractivity contribution is 5.88. The zero-order valence-corrected chi connectivity index (χ0v) is 14.1. The smallest absolute Gasteiger partial charge is 0.310 e. The van der Waals surface area contributed by atoms with Gasteiger partial charge in [0.2, 0.25) is 0 Å². The van der Waals surface area contributed by atoms with Crippen molar-refractivity contribution in [2.45, 2.75) is 65.6 Å². The van der Waals surface area contributed by atoms with Gasteiger partial charge < -0.3 is 14.6 Å². The fraction of sp³-hybridized carbons (Fsp3) is 0.812. The van der Waals surface area contributed by atoms with Crippen molar-refractivity contribution in [1.82, 2.24) is 0 Å². The van der Waals surface area contributed by atoms with E-state index in [1.807, 2.05) is 0 Å². The summed E-state index contributed by atoms with van der Waals surface area (Å²) < 4.78 is 10.6. The fourth-order valence-electron chi connectivity index (χ4n) is 2.41. The number of carbonyl (C=O) groups excluding carboxylic acids is 2. The summed E-state index contributed by atoms with van der Waals surface area (Å²) in [7, 11) is 0. The van der Waals surface area contributed by atoms with Crippen molar-refractivity contribution in [2.24, 2.45) is 17.8 Å². The topological polar surface area (TPSA) is 89.9 Å². The van der Waals surface area contributed by atoms with Gasteiger partial charge in [-0.25, -0.2) is 0 Å². The van der Waals surface area contributed by atoms with Crippen molar-refractivity contribution >= 4 is 17.9 Å². The van der Waals surface area contributed by atoms with Gasteiger partial charge in [-0.1, -0.05) is 0 Å². The van der Waals surface area contributed by atoms with Crippen LogP contribution in [0.25, 0.3) is 0 Å². The predicted molar refractivity (Wildman–Crippen MR) is 79.0 cm³/mol. The number of carboxylic acids is 1. The lowest BCUT2D eigenvalue weighted by Crippen LogP contribution is -2.28. The summed E-state index contributed by atoms with van der Waals surface area (Å²) in [6.07, 6.45) is 0.187. The Morgan fingerprint density at radius 3 is 1.50 bits per heavy atom. The number of esters is 2. The highest BCUT2D eigenvalue weighted by Gasteiger charge is 2.61. The van der Waals surface area contributed by atoms with Crippen LogP contribution in [0.4, 0.5) is 0 Å². The highest BCUT2D eigenvalue weighted by Crippen LogP contribution is 2.51. The molecule has 6 nitrogen and oxygen atoms in total. The van der Waals surface area contributed by atoms with Crippen LogP contribution in [0.5, 0.6) is 0 Å². The van der Waals surface area contributed by atoms with Crippen molar-refractivity contribution in [3.8, 4) is 0 Å². The van der Waals surface area contributed by atoms with E-state index in [0.717, 1.165) is 0 Å². The molecule has 2 unspecified atom stereocenters. The monoisotopic (exact) mass is 314 g/mol. The highest BCUT2D eigenvalue weighted by atomic mass is 16.6. The van der Waals surface area contributed by atoms with Crippen LogP contribution in [0.3, 0.4) is 0 Å². The SMILES string of the molecule is CC(C)(C)OC(=O)C1C(CCC(=O)O)C1C(=O)OC(C)(C)C. The minimum atomic E-state index is -0.947. The molecule has 0 amide bonds. The second-order valence-electron chi connectivity index (χ2n) is 7.71. The second-order valence-corrected chi connectivity index (χ2v) is 7.71. The summed E-state index contributed by atoms with van der Waals surface area (Å²) in [5, 5.41) is 8.78. The first kappa shape index (κ1) is 18.5. The summed E-state index contributed by atoms with van der Waals surface area (Å²) in [6, 6.07) is 0. The van der Waals surface area contributed by atoms with Crippen LogP contribution in [-0.4, -0.2) is 34.2 Å². The summed E-state index contributed by atoms with van der Waals surface area (Å²) in [6.45, 7) is 10.5. The van der Waals surface area contributed by atoms with Crippen LogP contribution < -0.4 is 0 Å². The van der Waals surface area contributed by atoms with Crippen molar-refractivity contribution in [3.63, 3.8) is 0 Å². The van der Waals surface area contributed by atoms with Crippen molar-refractivity contribution in [3.05, 3.63) is 0 Å². The average molecular weight is 314 g/mol. The van der Waals surface area contributed by atoms with Gasteiger partial charge in [-0.2, -0.15) is 0 Å². The van der Waals surface area contributed by atoms with E-state index in [-0.39, 0.29) is 18.8 Å². The Bertz CT molecular complexity index is 420. The predicted octanol–water partition coefficient (Wildman–Crippen LogP) is 2.40. The van der Waals surface area contributed by atoms with Gasteiger partial charge >= 0.3 is 17.9 Å². The summed E-state index contributed by atoms with van der Waals surface area (Å²) in [4.78, 5) is 35.1. The number of rotatable bonds is 5. The number of aliphatic carboxylic acids is 1. The van der Waals surface area contributed by atoms with Crippen molar-refractivity contribution < 1.29 is 29.0 Å². The lowest BCUT2D eigenvalue weighted by atomic mass is 10.1. The Balaban J connectivity index is 2.76. The van der Waals surface area contributed by atoms with Crippen molar-refractivity contribution in [1.29, 1.82) is 0 Å². The molecular weight excluding hydrogens is 288 g/mol. The molecule has 2 atom stereocenters. The van der Waals surface area contributed by atoms with E-state index in [4.69, 9.17) is 14.6 Å². The van der Waals surface area contributed by atoms with Gasteiger partial charge in [0.25, 0.3) is 0 Å². The molecule has 0 heterocycles. The van der Waals surface area contributed by atoms with Crippen molar-refractivity contribution in [2.75, 3.05) is 0 Å². The normalized spacial score (nSPS) is 24.5. The summed E-state index contributed by atoms with van der Waals surface area (Å²) in [5.74, 6) is -3.39. The molecule has 6 heteroatoms. The molecule has 0 bridgehead atoms. The van der Waals surface area contributed by atoms with E-state index < -0.39 is 40.9 Å². The Morgan fingerprint density at radius 1 is 0.864 bits per heavy atom. The Morgan fingerprint density at radius 2 is 1.23 bits per heavy atom. The maximum Gasteiger partial charge on any atom is 0.310 e. The third-order valence-electron chi connectivity index (χ3n) is 3.22. The van der Waals surface area contributed by atoms with E-state index in [2.05, 4.69) is 0 Å². The Labute approximate surface area is 131 Å². The first-order valence-electron chi connectivity index (χ1n) is 7.49. The maximum absolute atomic E-state index is 12.2. The molecule has 0 aromatic carbocycles. The average Bonchev–Trinajstić information content (AvgIpc) is 2.95. The molecule has 0 aromatic heterocycles. The summed E-state index contributed by atoms with van der Waals surface area (Å²) in [5.41, 5.74) is -1.29. The first-order valence-corrected chi connectivity index (χ1v) is 7.49. The van der Waals surface area contributed by atoms with Crippen LogP contribution >= 0.6 is 0 Å². The third-order valence-corrected chi connectivity index (χ3v) is 3.22. The van der Waals surface area contributed by atoms with E-state index in [1.165, 1.54) is 0 Å². The Hall–Kier alpha value is -1.59. The molecule has 0 aliphatic heterocycles. The van der Waals surface area contributed by atoms with Gasteiger partial charge in [0.1, 0.15) is 11.2 Å². The molecular formula is C16H26O6. The number of carboxylic acid groups (broad SMARTS) is 1. The number of carbonyl (C=O) groups is 3. The van der Waals surface area contributed by atoms with Gasteiger partial charge in [-0.3, -0.25) is 14.4 Å². The number of ether oxygens (including phenoxy) is 2. The Kier molecular flexibility index (Phi) is 5.25. The molecule has 1 saturated carbocycles. The molecule has 1 fully saturated rings. The fourth-order valence-corrected chi connectivity index (χ4v) is 2.41. The van der Waals surface area contributed by atoms with Gasteiger partial charge in [0, 0.05) is 6.42 Å². The first-order chi connectivity index (χ1) is 9.82. The second kappa shape index (κ2) is 6.26. The lowest BCUT2D eigenvalue weighted by Gasteiger charge is -2.20. The van der Waals surface area contributed by atoms with Crippen LogP contribution in [0.2, 0.25) is 0 Å². The van der Waals surface area contributed by atoms with Crippen LogP contribution in [-0.2, 0) is 23.9 Å². The molecule has 0 spiro atoms. The number of hydrogen-bond acceptors (Lipinski definition) is 5. The van der Waals surface area contributed by atoms with E-state index in [0.29, 0.717) is 0 Å². The van der Waals surface area contributed by atoms with E-state index >= 15 is 0 Å². The minimum Gasteiger partial charge on any atom is -0.481 e. The number of hydrogen-bond donors (Lipinski definition) is 1. The third kappa shape index (κ3) is 5.66. The molecule has 1 aliphatic rings. The molecule has 1 N–H and O–H groups in total. The standard InChI is InChI=1S/C16H26O6/c1-15(2,3)21-13(19)11-9(7-8-10(17)18)12(11)14(20)22-16(4,5)6/h9,11-12H,7-8H2,1-6H3,(H,17,18). The van der Waals surface area contributed by atoms with E-state index in [9.17, 15) is 14.4 Å². The van der Waals surface area contributed by atoms with E-state index in [1.54, 1.807) is 41.5 Å². The van der Waals surface area contributed by atoms with Gasteiger partial charge in [0.05, 0.1) is 11.8 Å². The quantitative estimate of drug-likeness (QED) is 0.784. The molecule has 1 aliphatic carbocycles. The van der Waals surface area contributed by atoms with Crippen LogP contribution in [0, 0.1) is 17.8 Å². The lowest BCUT2D eigenvalue weighted by molar-refractivity contribution is -0.163. The molecule has 0 aromatic rings. The van der Waals surface area contributed by atoms with Crippen LogP contribution in [0.15, 0.2) is 0 Å². The summed E-state index contributed by atoms with van der Waals surface area (Å²) >= 11 is 0. The minimum absolute atomic E-state index is 0.0801. The molecule has 22 heavy (non-hydrogen) atoms. The zero-order chi connectivity index (χ0) is 17.3. The molecule has 0 radical (unpaired) electrons. The molecule has 126 valence electrons. The van der Waals surface area contributed by atoms with Gasteiger partial charge in [0.15, 0.2) is 0 Å². The van der Waals surface area contributed by atoms with Gasteiger partial charge in [-0.05, 0) is 53.9 Å². The zero-order valence-electron chi connectivity index (χ0n) is 14.1. The van der Waals surface area contributed by atoms with Crippen LogP contribution in [0.1, 0.15) is 54.4 Å². The maximum atomic E-state index is 12.2. The van der Waals surface area contributed by atoms with Gasteiger partial charge in [-0.15, -0.1) is 0 Å². The molecule has 1 rings (SSSR count).